The van der Waals surface area contributed by atoms with Gasteiger partial charge in [0.05, 0.1) is 12.3 Å². The second-order valence-electron chi connectivity index (χ2n) is 8.99. The highest BCUT2D eigenvalue weighted by Crippen LogP contribution is 2.35. The molecule has 1 unspecified atom stereocenters. The molecule has 2 aliphatic heterocycles. The highest BCUT2D eigenvalue weighted by molar-refractivity contribution is 7.17. The number of hydrogen-bond acceptors (Lipinski definition) is 11. The Labute approximate surface area is 219 Å². The lowest BCUT2D eigenvalue weighted by atomic mass is 10.1. The van der Waals surface area contributed by atoms with Gasteiger partial charge in [-0.15, -0.1) is 0 Å². The quantitative estimate of drug-likeness (QED) is 0.379. The summed E-state index contributed by atoms with van der Waals surface area (Å²) in [6.45, 7) is 5.96. The van der Waals surface area contributed by atoms with Gasteiger partial charge in [-0.25, -0.2) is 9.78 Å². The second kappa shape index (κ2) is 11.1. The molecule has 5 heterocycles. The number of carbonyl (C=O) groups excluding carboxylic acids is 2. The smallest absolute Gasteiger partial charge is 0.350 e. The third kappa shape index (κ3) is 5.63. The summed E-state index contributed by atoms with van der Waals surface area (Å²) in [6, 6.07) is 3.60. The molecule has 0 aliphatic carbocycles. The lowest BCUT2D eigenvalue weighted by Gasteiger charge is -2.21. The molecule has 11 nitrogen and oxygen atoms in total. The number of hydrogen-bond donors (Lipinski definition) is 3. The predicted molar refractivity (Wildman–Crippen MR) is 141 cm³/mol. The van der Waals surface area contributed by atoms with Crippen LogP contribution in [-0.4, -0.2) is 57.6 Å². The van der Waals surface area contributed by atoms with Gasteiger partial charge in [0.1, 0.15) is 22.6 Å². The molecule has 1 atom stereocenters. The standard InChI is InChI=1S/C25H30N8O3S/c1-3-36-23(35)19-15(2)28-25(37-19)32-24-30-20(29-18-8-4-5-11-27-22(18)34)17-9-12-33(21(17)31-24)14-16-7-6-10-26-13-16/h6-7,10,13,18H,3-5,8-9,11-12,14H2,1-2H3,(H,27,34)(H2,28,29,30,31,32). The number of rotatable bonds is 8. The van der Waals surface area contributed by atoms with Gasteiger partial charge >= 0.3 is 5.97 Å². The molecule has 1 saturated heterocycles. The summed E-state index contributed by atoms with van der Waals surface area (Å²) in [6.07, 6.45) is 7.02. The number of amides is 1. The summed E-state index contributed by atoms with van der Waals surface area (Å²) in [7, 11) is 0. The lowest BCUT2D eigenvalue weighted by Crippen LogP contribution is -2.38. The Morgan fingerprint density at radius 3 is 3.00 bits per heavy atom. The molecule has 0 saturated carbocycles. The number of pyridine rings is 1. The largest absolute Gasteiger partial charge is 0.462 e. The van der Waals surface area contributed by atoms with Crippen molar-refractivity contribution in [3.8, 4) is 0 Å². The number of esters is 1. The molecule has 0 radical (unpaired) electrons. The molecule has 12 heteroatoms. The zero-order chi connectivity index (χ0) is 25.8. The van der Waals surface area contributed by atoms with E-state index in [4.69, 9.17) is 14.7 Å². The van der Waals surface area contributed by atoms with Crippen LogP contribution in [0.5, 0.6) is 0 Å². The molecule has 194 valence electrons. The third-order valence-electron chi connectivity index (χ3n) is 6.34. The fourth-order valence-corrected chi connectivity index (χ4v) is 5.39. The number of anilines is 4. The molecule has 37 heavy (non-hydrogen) atoms. The number of fused-ring (bicyclic) bond motifs is 1. The summed E-state index contributed by atoms with van der Waals surface area (Å²) < 4.78 is 5.14. The number of ether oxygens (including phenoxy) is 1. The normalized spacial score (nSPS) is 17.1. The van der Waals surface area contributed by atoms with E-state index in [0.717, 1.165) is 49.2 Å². The van der Waals surface area contributed by atoms with E-state index < -0.39 is 5.97 Å². The molecule has 5 rings (SSSR count). The van der Waals surface area contributed by atoms with Crippen LogP contribution in [0, 0.1) is 6.92 Å². The van der Waals surface area contributed by atoms with E-state index in [0.29, 0.717) is 47.2 Å². The summed E-state index contributed by atoms with van der Waals surface area (Å²) in [5, 5.41) is 10.0. The van der Waals surface area contributed by atoms with Crippen LogP contribution in [0.15, 0.2) is 24.5 Å². The summed E-state index contributed by atoms with van der Waals surface area (Å²) in [5.74, 6) is 1.38. The zero-order valence-corrected chi connectivity index (χ0v) is 21.7. The fourth-order valence-electron chi connectivity index (χ4n) is 4.53. The minimum absolute atomic E-state index is 0.0146. The van der Waals surface area contributed by atoms with Crippen LogP contribution in [-0.2, 0) is 22.5 Å². The van der Waals surface area contributed by atoms with Crippen LogP contribution in [0.25, 0.3) is 0 Å². The Bertz CT molecular complexity index is 1280. The Balaban J connectivity index is 1.46. The Kier molecular flexibility index (Phi) is 7.45. The van der Waals surface area contributed by atoms with E-state index in [1.54, 1.807) is 20.0 Å². The van der Waals surface area contributed by atoms with E-state index in [1.807, 2.05) is 18.3 Å². The van der Waals surface area contributed by atoms with Crippen molar-refractivity contribution < 1.29 is 14.3 Å². The number of aryl methyl sites for hydroxylation is 1. The van der Waals surface area contributed by atoms with E-state index in [1.165, 1.54) is 11.3 Å². The van der Waals surface area contributed by atoms with Crippen LogP contribution in [0.2, 0.25) is 0 Å². The molecule has 0 aromatic carbocycles. The number of carbonyl (C=O) groups is 2. The Morgan fingerprint density at radius 2 is 2.19 bits per heavy atom. The number of nitrogens with zero attached hydrogens (tertiary/aromatic N) is 5. The van der Waals surface area contributed by atoms with Gasteiger partial charge in [0.2, 0.25) is 11.9 Å². The molecule has 3 aromatic heterocycles. The van der Waals surface area contributed by atoms with Crippen molar-refractivity contribution in [2.75, 3.05) is 35.2 Å². The Morgan fingerprint density at radius 1 is 1.30 bits per heavy atom. The Hall–Kier alpha value is -3.80. The van der Waals surface area contributed by atoms with E-state index in [2.05, 4.69) is 30.8 Å². The van der Waals surface area contributed by atoms with Crippen molar-refractivity contribution in [2.45, 2.75) is 52.1 Å². The van der Waals surface area contributed by atoms with Crippen molar-refractivity contribution in [3.63, 3.8) is 0 Å². The summed E-state index contributed by atoms with van der Waals surface area (Å²) in [4.78, 5) is 45.9. The maximum absolute atomic E-state index is 12.7. The van der Waals surface area contributed by atoms with E-state index in [-0.39, 0.29) is 11.9 Å². The molecule has 3 N–H and O–H groups in total. The molecule has 1 fully saturated rings. The number of nitrogens with one attached hydrogen (secondary N) is 3. The van der Waals surface area contributed by atoms with Crippen LogP contribution < -0.4 is 20.9 Å². The lowest BCUT2D eigenvalue weighted by molar-refractivity contribution is -0.121. The monoisotopic (exact) mass is 522 g/mol. The first-order chi connectivity index (χ1) is 18.0. The van der Waals surface area contributed by atoms with Gasteiger partial charge in [-0.2, -0.15) is 9.97 Å². The SMILES string of the molecule is CCOC(=O)c1sc(Nc2nc(NC3CCCCNC3=O)c3c(n2)N(Cc2cccnc2)CC3)nc1C. The van der Waals surface area contributed by atoms with Gasteiger partial charge in [-0.05, 0) is 51.2 Å². The van der Waals surface area contributed by atoms with Crippen LogP contribution in [0.1, 0.15) is 52.7 Å². The topological polar surface area (TPSA) is 134 Å². The van der Waals surface area contributed by atoms with E-state index >= 15 is 0 Å². The first-order valence-electron chi connectivity index (χ1n) is 12.5. The van der Waals surface area contributed by atoms with Crippen molar-refractivity contribution in [3.05, 3.63) is 46.2 Å². The van der Waals surface area contributed by atoms with Crippen LogP contribution in [0.4, 0.5) is 22.7 Å². The summed E-state index contributed by atoms with van der Waals surface area (Å²) >= 11 is 1.20. The maximum Gasteiger partial charge on any atom is 0.350 e. The van der Waals surface area contributed by atoms with Gasteiger partial charge in [-0.3, -0.25) is 15.1 Å². The zero-order valence-electron chi connectivity index (χ0n) is 20.9. The van der Waals surface area contributed by atoms with Gasteiger partial charge in [-0.1, -0.05) is 17.4 Å². The maximum atomic E-state index is 12.7. The highest BCUT2D eigenvalue weighted by Gasteiger charge is 2.29. The first kappa shape index (κ1) is 24.9. The van der Waals surface area contributed by atoms with Crippen LogP contribution in [0.3, 0.4) is 0 Å². The van der Waals surface area contributed by atoms with E-state index in [9.17, 15) is 9.59 Å². The third-order valence-corrected chi connectivity index (χ3v) is 7.39. The van der Waals surface area contributed by atoms with Gasteiger partial charge in [0.15, 0.2) is 5.13 Å². The highest BCUT2D eigenvalue weighted by atomic mass is 32.1. The minimum atomic E-state index is -0.398. The molecule has 3 aromatic rings. The van der Waals surface area contributed by atoms with Crippen molar-refractivity contribution in [2.24, 2.45) is 0 Å². The number of aromatic nitrogens is 4. The predicted octanol–water partition coefficient (Wildman–Crippen LogP) is 3.20. The second-order valence-corrected chi connectivity index (χ2v) is 9.99. The molecular weight excluding hydrogens is 492 g/mol. The average molecular weight is 523 g/mol. The minimum Gasteiger partial charge on any atom is -0.462 e. The number of thiazole rings is 1. The van der Waals surface area contributed by atoms with Crippen LogP contribution >= 0.6 is 11.3 Å². The molecule has 2 aliphatic rings. The van der Waals surface area contributed by atoms with Crippen molar-refractivity contribution in [1.29, 1.82) is 0 Å². The molecule has 1 amide bonds. The van der Waals surface area contributed by atoms with Gasteiger partial charge in [0.25, 0.3) is 0 Å². The average Bonchev–Trinajstić information content (AvgIpc) is 3.39. The first-order valence-corrected chi connectivity index (χ1v) is 13.3. The van der Waals surface area contributed by atoms with Crippen molar-refractivity contribution in [1.82, 2.24) is 25.3 Å². The molecule has 0 bridgehead atoms. The molecular formula is C25H30N8O3S. The summed E-state index contributed by atoms with van der Waals surface area (Å²) in [5.41, 5.74) is 2.64. The fraction of sp³-hybridized carbons (Fsp3) is 0.440. The molecule has 0 spiro atoms. The van der Waals surface area contributed by atoms with Gasteiger partial charge in [0, 0.05) is 37.6 Å². The van der Waals surface area contributed by atoms with Crippen molar-refractivity contribution >= 4 is 45.9 Å². The van der Waals surface area contributed by atoms with Gasteiger partial charge < -0.3 is 20.3 Å².